The predicted molar refractivity (Wildman–Crippen MR) is 75.3 cm³/mol. The first-order valence-corrected chi connectivity index (χ1v) is 6.30. The third-order valence-electron chi connectivity index (χ3n) is 2.88. The van der Waals surface area contributed by atoms with Gasteiger partial charge in [-0.15, -0.1) is 0 Å². The minimum atomic E-state index is -0.882. The fraction of sp³-hybridized carbons (Fsp3) is 0.429. The third-order valence-corrected chi connectivity index (χ3v) is 3.19. The highest BCUT2D eigenvalue weighted by Crippen LogP contribution is 2.29. The maximum absolute atomic E-state index is 10.9. The van der Waals surface area contributed by atoms with Crippen LogP contribution in [0.4, 0.5) is 5.69 Å². The quantitative estimate of drug-likeness (QED) is 0.885. The van der Waals surface area contributed by atoms with Gasteiger partial charge in [0.25, 0.3) is 0 Å². The van der Waals surface area contributed by atoms with Crippen molar-refractivity contribution in [1.82, 2.24) is 0 Å². The standard InChI is InChI=1S/C14H17ClN2O2/c1-14(2,3)12(7-13(18)19)17-11-6-4-5-10(15)9(11)8-16/h4-6,12,17H,7H2,1-3H3,(H,18,19). The van der Waals surface area contributed by atoms with Crippen LogP contribution in [0.15, 0.2) is 18.2 Å². The lowest BCUT2D eigenvalue weighted by atomic mass is 9.84. The van der Waals surface area contributed by atoms with Crippen LogP contribution in [-0.4, -0.2) is 17.1 Å². The Balaban J connectivity index is 3.07. The molecular formula is C14H17ClN2O2. The molecule has 1 aromatic rings. The SMILES string of the molecule is CC(C)(C)C(CC(=O)O)Nc1cccc(Cl)c1C#N. The fourth-order valence-electron chi connectivity index (χ4n) is 1.69. The smallest absolute Gasteiger partial charge is 0.305 e. The maximum Gasteiger partial charge on any atom is 0.305 e. The Bertz CT molecular complexity index is 515. The molecule has 0 bridgehead atoms. The van der Waals surface area contributed by atoms with Crippen LogP contribution in [0.1, 0.15) is 32.8 Å². The van der Waals surface area contributed by atoms with Crippen LogP contribution >= 0.6 is 11.6 Å². The molecule has 1 atom stereocenters. The van der Waals surface area contributed by atoms with Gasteiger partial charge in [0, 0.05) is 6.04 Å². The maximum atomic E-state index is 10.9. The summed E-state index contributed by atoms with van der Waals surface area (Å²) < 4.78 is 0. The van der Waals surface area contributed by atoms with Crippen molar-refractivity contribution in [2.24, 2.45) is 5.41 Å². The van der Waals surface area contributed by atoms with E-state index in [0.717, 1.165) is 0 Å². The van der Waals surface area contributed by atoms with Gasteiger partial charge in [0.05, 0.1) is 22.7 Å². The largest absolute Gasteiger partial charge is 0.481 e. The molecule has 1 aromatic carbocycles. The second kappa shape index (κ2) is 5.94. The summed E-state index contributed by atoms with van der Waals surface area (Å²) in [6.07, 6.45) is -0.0269. The molecule has 2 N–H and O–H groups in total. The molecule has 0 aliphatic rings. The number of nitrogens with zero attached hydrogens (tertiary/aromatic N) is 1. The van der Waals surface area contributed by atoms with E-state index in [1.807, 2.05) is 26.8 Å². The molecule has 1 rings (SSSR count). The number of carboxylic acids is 1. The van der Waals surface area contributed by atoms with Gasteiger partial charge in [0.1, 0.15) is 6.07 Å². The Kier molecular flexibility index (Phi) is 4.79. The molecule has 102 valence electrons. The molecule has 0 aliphatic heterocycles. The van der Waals surface area contributed by atoms with Gasteiger partial charge in [0.2, 0.25) is 0 Å². The summed E-state index contributed by atoms with van der Waals surface area (Å²) in [5, 5.41) is 21.6. The van der Waals surface area contributed by atoms with Crippen molar-refractivity contribution < 1.29 is 9.90 Å². The molecule has 0 aliphatic carbocycles. The number of rotatable bonds is 4. The fourth-order valence-corrected chi connectivity index (χ4v) is 1.91. The predicted octanol–water partition coefficient (Wildman–Crippen LogP) is 3.51. The van der Waals surface area contributed by atoms with E-state index in [1.165, 1.54) is 0 Å². The average Bonchev–Trinajstić information content (AvgIpc) is 2.26. The lowest BCUT2D eigenvalue weighted by Crippen LogP contribution is -2.36. The zero-order valence-corrected chi connectivity index (χ0v) is 12.0. The van der Waals surface area contributed by atoms with E-state index in [0.29, 0.717) is 16.3 Å². The van der Waals surface area contributed by atoms with Crippen molar-refractivity contribution in [1.29, 1.82) is 5.26 Å². The highest BCUT2D eigenvalue weighted by molar-refractivity contribution is 6.32. The van der Waals surface area contributed by atoms with E-state index in [9.17, 15) is 4.79 Å². The van der Waals surface area contributed by atoms with Crippen molar-refractivity contribution >= 4 is 23.3 Å². The number of nitrogens with one attached hydrogen (secondary N) is 1. The van der Waals surface area contributed by atoms with Crippen molar-refractivity contribution in [3.05, 3.63) is 28.8 Å². The van der Waals surface area contributed by atoms with Gasteiger partial charge < -0.3 is 10.4 Å². The van der Waals surface area contributed by atoms with E-state index in [4.69, 9.17) is 22.0 Å². The molecule has 0 saturated heterocycles. The Morgan fingerprint density at radius 2 is 2.16 bits per heavy atom. The van der Waals surface area contributed by atoms with E-state index >= 15 is 0 Å². The van der Waals surface area contributed by atoms with Crippen LogP contribution in [0.5, 0.6) is 0 Å². The molecule has 1 unspecified atom stereocenters. The van der Waals surface area contributed by atoms with Crippen LogP contribution < -0.4 is 5.32 Å². The number of carbonyl (C=O) groups is 1. The normalized spacial score (nSPS) is 12.6. The molecule has 0 saturated carbocycles. The average molecular weight is 281 g/mol. The van der Waals surface area contributed by atoms with E-state index in [1.54, 1.807) is 18.2 Å². The van der Waals surface area contributed by atoms with Gasteiger partial charge >= 0.3 is 5.97 Å². The Morgan fingerprint density at radius 3 is 2.63 bits per heavy atom. The number of nitriles is 1. The highest BCUT2D eigenvalue weighted by atomic mass is 35.5. The van der Waals surface area contributed by atoms with Crippen LogP contribution in [0.2, 0.25) is 5.02 Å². The van der Waals surface area contributed by atoms with Crippen molar-refractivity contribution in [3.8, 4) is 6.07 Å². The summed E-state index contributed by atoms with van der Waals surface area (Å²) in [7, 11) is 0. The van der Waals surface area contributed by atoms with Crippen molar-refractivity contribution in [2.45, 2.75) is 33.2 Å². The molecule has 0 heterocycles. The zero-order chi connectivity index (χ0) is 14.6. The van der Waals surface area contributed by atoms with Crippen LogP contribution in [0, 0.1) is 16.7 Å². The molecule has 0 radical (unpaired) electrons. The first kappa shape index (κ1) is 15.3. The number of hydrogen-bond donors (Lipinski definition) is 2. The van der Waals surface area contributed by atoms with Crippen molar-refractivity contribution in [3.63, 3.8) is 0 Å². The number of carboxylic acid groups (broad SMARTS) is 1. The van der Waals surface area contributed by atoms with E-state index < -0.39 is 5.97 Å². The van der Waals surface area contributed by atoms with Gasteiger partial charge in [-0.25, -0.2) is 0 Å². The monoisotopic (exact) mass is 280 g/mol. The Hall–Kier alpha value is -1.73. The summed E-state index contributed by atoms with van der Waals surface area (Å²) in [6.45, 7) is 5.85. The first-order chi connectivity index (χ1) is 8.75. The van der Waals surface area contributed by atoms with E-state index in [2.05, 4.69) is 5.32 Å². The van der Waals surface area contributed by atoms with Gasteiger partial charge in [-0.3, -0.25) is 4.79 Å². The molecule has 0 amide bonds. The number of halogens is 1. The molecule has 5 heteroatoms. The van der Waals surface area contributed by atoms with Gasteiger partial charge in [-0.05, 0) is 17.5 Å². The van der Waals surface area contributed by atoms with Crippen LogP contribution in [0.3, 0.4) is 0 Å². The van der Waals surface area contributed by atoms with Crippen LogP contribution in [-0.2, 0) is 4.79 Å². The summed E-state index contributed by atoms with van der Waals surface area (Å²) >= 11 is 5.95. The van der Waals surface area contributed by atoms with Crippen LogP contribution in [0.25, 0.3) is 0 Å². The lowest BCUT2D eigenvalue weighted by molar-refractivity contribution is -0.137. The van der Waals surface area contributed by atoms with Gasteiger partial charge in [0.15, 0.2) is 0 Å². The Labute approximate surface area is 118 Å². The highest BCUT2D eigenvalue weighted by Gasteiger charge is 2.27. The second-order valence-corrected chi connectivity index (χ2v) is 5.84. The third kappa shape index (κ3) is 4.15. The minimum Gasteiger partial charge on any atom is -0.481 e. The lowest BCUT2D eigenvalue weighted by Gasteiger charge is -2.31. The van der Waals surface area contributed by atoms with Gasteiger partial charge in [-0.1, -0.05) is 38.4 Å². The second-order valence-electron chi connectivity index (χ2n) is 5.44. The number of aliphatic carboxylic acids is 1. The summed E-state index contributed by atoms with van der Waals surface area (Å²) in [5.41, 5.74) is 0.646. The minimum absolute atomic E-state index is 0.0269. The number of anilines is 1. The molecule has 4 nitrogen and oxygen atoms in total. The number of benzene rings is 1. The molecule has 0 aromatic heterocycles. The first-order valence-electron chi connectivity index (χ1n) is 5.92. The molecule has 0 spiro atoms. The van der Waals surface area contributed by atoms with Gasteiger partial charge in [-0.2, -0.15) is 5.26 Å². The van der Waals surface area contributed by atoms with E-state index in [-0.39, 0.29) is 17.9 Å². The zero-order valence-electron chi connectivity index (χ0n) is 11.2. The number of hydrogen-bond acceptors (Lipinski definition) is 3. The van der Waals surface area contributed by atoms with Crippen molar-refractivity contribution in [2.75, 3.05) is 5.32 Å². The summed E-state index contributed by atoms with van der Waals surface area (Å²) in [4.78, 5) is 10.9. The molecule has 19 heavy (non-hydrogen) atoms. The molecular weight excluding hydrogens is 264 g/mol. The summed E-state index contributed by atoms with van der Waals surface area (Å²) in [5.74, 6) is -0.882. The molecule has 0 fully saturated rings. The topological polar surface area (TPSA) is 73.1 Å². The Morgan fingerprint density at radius 1 is 1.53 bits per heavy atom. The summed E-state index contributed by atoms with van der Waals surface area (Å²) in [6, 6.07) is 6.83.